The number of anilines is 1. The quantitative estimate of drug-likeness (QED) is 0.527. The van der Waals surface area contributed by atoms with Crippen molar-refractivity contribution in [1.29, 1.82) is 0 Å². The van der Waals surface area contributed by atoms with Crippen molar-refractivity contribution in [1.82, 2.24) is 4.31 Å². The standard InChI is InChI=1S/C24H26N2O6S/c1-30-20-10-4-5-11-21(20)31-17-18-13-14-22(32-18)24(27)25-19-9-3-6-12-23(19)33(28,29)26-15-7-2-8-16-26/h3-6,9-14H,2,7-8,15-17H2,1H3,(H,25,27). The maximum atomic E-state index is 13.1. The highest BCUT2D eigenvalue weighted by atomic mass is 32.2. The van der Waals surface area contributed by atoms with Gasteiger partial charge in [-0.25, -0.2) is 8.42 Å². The SMILES string of the molecule is COc1ccccc1OCc1ccc(C(=O)Nc2ccccc2S(=O)(=O)N2CCCCC2)o1. The van der Waals surface area contributed by atoms with Crippen molar-refractivity contribution in [2.24, 2.45) is 0 Å². The Morgan fingerprint density at radius 2 is 1.67 bits per heavy atom. The van der Waals surface area contributed by atoms with E-state index in [0.717, 1.165) is 19.3 Å². The van der Waals surface area contributed by atoms with Crippen LogP contribution in [0.5, 0.6) is 11.5 Å². The molecule has 1 saturated heterocycles. The van der Waals surface area contributed by atoms with E-state index in [9.17, 15) is 13.2 Å². The molecule has 0 saturated carbocycles. The summed E-state index contributed by atoms with van der Waals surface area (Å²) < 4.78 is 44.3. The molecule has 0 atom stereocenters. The van der Waals surface area contributed by atoms with Crippen LogP contribution < -0.4 is 14.8 Å². The van der Waals surface area contributed by atoms with Gasteiger partial charge in [-0.1, -0.05) is 30.7 Å². The molecule has 174 valence electrons. The largest absolute Gasteiger partial charge is 0.493 e. The first-order valence-electron chi connectivity index (χ1n) is 10.7. The third-order valence-corrected chi connectivity index (χ3v) is 7.35. The molecule has 8 nitrogen and oxygen atoms in total. The van der Waals surface area contributed by atoms with E-state index in [2.05, 4.69) is 5.32 Å². The van der Waals surface area contributed by atoms with Crippen LogP contribution in [0.15, 0.2) is 70.0 Å². The molecule has 1 amide bonds. The van der Waals surface area contributed by atoms with Gasteiger partial charge in [0.25, 0.3) is 5.91 Å². The second-order valence-electron chi connectivity index (χ2n) is 7.62. The Hall–Kier alpha value is -3.30. The molecule has 0 bridgehead atoms. The van der Waals surface area contributed by atoms with Gasteiger partial charge in [-0.2, -0.15) is 4.31 Å². The summed E-state index contributed by atoms with van der Waals surface area (Å²) in [6.45, 7) is 1.07. The Morgan fingerprint density at radius 1 is 0.970 bits per heavy atom. The second-order valence-corrected chi connectivity index (χ2v) is 9.53. The third-order valence-electron chi connectivity index (χ3n) is 5.39. The van der Waals surface area contributed by atoms with Crippen LogP contribution in [0.4, 0.5) is 5.69 Å². The fraction of sp³-hybridized carbons (Fsp3) is 0.292. The zero-order valence-corrected chi connectivity index (χ0v) is 19.1. The van der Waals surface area contributed by atoms with Crippen molar-refractivity contribution < 1.29 is 27.1 Å². The molecule has 33 heavy (non-hydrogen) atoms. The summed E-state index contributed by atoms with van der Waals surface area (Å²) >= 11 is 0. The number of hydrogen-bond donors (Lipinski definition) is 1. The van der Waals surface area contributed by atoms with Crippen LogP contribution in [-0.2, 0) is 16.6 Å². The van der Waals surface area contributed by atoms with E-state index >= 15 is 0 Å². The van der Waals surface area contributed by atoms with Crippen LogP contribution in [0.2, 0.25) is 0 Å². The monoisotopic (exact) mass is 470 g/mol. The minimum atomic E-state index is -3.71. The molecule has 1 aromatic heterocycles. The van der Waals surface area contributed by atoms with Gasteiger partial charge in [-0.15, -0.1) is 0 Å². The predicted molar refractivity (Wildman–Crippen MR) is 123 cm³/mol. The van der Waals surface area contributed by atoms with Gasteiger partial charge < -0.3 is 19.2 Å². The zero-order chi connectivity index (χ0) is 23.3. The van der Waals surface area contributed by atoms with E-state index in [4.69, 9.17) is 13.9 Å². The Bertz CT molecular complexity index is 1210. The molecule has 0 aliphatic carbocycles. The van der Waals surface area contributed by atoms with Gasteiger partial charge in [0.15, 0.2) is 17.3 Å². The normalized spacial score (nSPS) is 14.6. The van der Waals surface area contributed by atoms with Gasteiger partial charge >= 0.3 is 0 Å². The lowest BCUT2D eigenvalue weighted by Crippen LogP contribution is -2.36. The summed E-state index contributed by atoms with van der Waals surface area (Å²) in [4.78, 5) is 12.9. The molecule has 1 fully saturated rings. The predicted octanol–water partition coefficient (Wildman–Crippen LogP) is 4.29. The summed E-state index contributed by atoms with van der Waals surface area (Å²) in [6, 6.07) is 16.8. The lowest BCUT2D eigenvalue weighted by molar-refractivity contribution is 0.0992. The number of ether oxygens (including phenoxy) is 2. The first kappa shape index (κ1) is 22.9. The molecule has 1 N–H and O–H groups in total. The molecule has 0 radical (unpaired) electrons. The molecule has 9 heteroatoms. The molecule has 1 aliphatic heterocycles. The van der Waals surface area contributed by atoms with Crippen LogP contribution in [0.3, 0.4) is 0 Å². The van der Waals surface area contributed by atoms with Gasteiger partial charge in [0.2, 0.25) is 10.0 Å². The van der Waals surface area contributed by atoms with Crippen molar-refractivity contribution in [3.8, 4) is 11.5 Å². The van der Waals surface area contributed by atoms with Gasteiger partial charge in [-0.3, -0.25) is 4.79 Å². The summed E-state index contributed by atoms with van der Waals surface area (Å²) in [7, 11) is -2.15. The Balaban J connectivity index is 1.46. The molecule has 2 heterocycles. The van der Waals surface area contributed by atoms with Crippen LogP contribution >= 0.6 is 0 Å². The average Bonchev–Trinajstić information content (AvgIpc) is 3.33. The van der Waals surface area contributed by atoms with Crippen molar-refractivity contribution in [3.63, 3.8) is 0 Å². The van der Waals surface area contributed by atoms with Crippen molar-refractivity contribution in [2.45, 2.75) is 30.8 Å². The summed E-state index contributed by atoms with van der Waals surface area (Å²) in [6.07, 6.45) is 2.69. The number of amides is 1. The highest BCUT2D eigenvalue weighted by molar-refractivity contribution is 7.89. The first-order valence-corrected chi connectivity index (χ1v) is 12.2. The van der Waals surface area contributed by atoms with Crippen molar-refractivity contribution in [3.05, 3.63) is 72.2 Å². The Kier molecular flexibility index (Phi) is 7.00. The van der Waals surface area contributed by atoms with Gasteiger partial charge in [-0.05, 0) is 49.2 Å². The second kappa shape index (κ2) is 10.1. The number of para-hydroxylation sites is 3. The van der Waals surface area contributed by atoms with E-state index in [1.54, 1.807) is 43.5 Å². The van der Waals surface area contributed by atoms with E-state index in [-0.39, 0.29) is 22.9 Å². The minimum Gasteiger partial charge on any atom is -0.493 e. The average molecular weight is 471 g/mol. The first-order chi connectivity index (χ1) is 16.0. The van der Waals surface area contributed by atoms with Gasteiger partial charge in [0, 0.05) is 13.1 Å². The number of piperidine rings is 1. The molecule has 0 spiro atoms. The Morgan fingerprint density at radius 3 is 2.42 bits per heavy atom. The Labute approximate surface area is 193 Å². The number of carbonyl (C=O) groups is 1. The summed E-state index contributed by atoms with van der Waals surface area (Å²) in [5.41, 5.74) is 0.219. The number of carbonyl (C=O) groups excluding carboxylic acids is 1. The van der Waals surface area contributed by atoms with E-state index < -0.39 is 15.9 Å². The van der Waals surface area contributed by atoms with Gasteiger partial charge in [0.1, 0.15) is 17.3 Å². The van der Waals surface area contributed by atoms with Crippen LogP contribution in [0, 0.1) is 0 Å². The van der Waals surface area contributed by atoms with Crippen LogP contribution in [0.25, 0.3) is 0 Å². The van der Waals surface area contributed by atoms with Crippen LogP contribution in [-0.4, -0.2) is 38.8 Å². The summed E-state index contributed by atoms with van der Waals surface area (Å²) in [5, 5.41) is 2.68. The van der Waals surface area contributed by atoms with Crippen LogP contribution in [0.1, 0.15) is 35.6 Å². The molecule has 0 unspecified atom stereocenters. The lowest BCUT2D eigenvalue weighted by atomic mass is 10.2. The molecule has 2 aromatic carbocycles. The van der Waals surface area contributed by atoms with E-state index in [0.29, 0.717) is 30.3 Å². The van der Waals surface area contributed by atoms with E-state index in [1.165, 1.54) is 16.4 Å². The fourth-order valence-electron chi connectivity index (χ4n) is 3.69. The summed E-state index contributed by atoms with van der Waals surface area (Å²) in [5.74, 6) is 1.10. The minimum absolute atomic E-state index is 0.0544. The number of hydrogen-bond acceptors (Lipinski definition) is 6. The topological polar surface area (TPSA) is 98.1 Å². The fourth-order valence-corrected chi connectivity index (χ4v) is 5.35. The number of furan rings is 1. The number of rotatable bonds is 8. The number of sulfonamides is 1. The number of methoxy groups -OCH3 is 1. The maximum absolute atomic E-state index is 13.1. The molecular formula is C24H26N2O6S. The number of nitrogens with zero attached hydrogens (tertiary/aromatic N) is 1. The zero-order valence-electron chi connectivity index (χ0n) is 18.3. The van der Waals surface area contributed by atoms with E-state index in [1.807, 2.05) is 12.1 Å². The highest BCUT2D eigenvalue weighted by Crippen LogP contribution is 2.28. The smallest absolute Gasteiger partial charge is 0.291 e. The molecular weight excluding hydrogens is 444 g/mol. The third kappa shape index (κ3) is 5.20. The number of nitrogens with one attached hydrogen (secondary N) is 1. The molecule has 3 aromatic rings. The highest BCUT2D eigenvalue weighted by Gasteiger charge is 2.28. The molecule has 1 aliphatic rings. The van der Waals surface area contributed by atoms with Crippen molar-refractivity contribution >= 4 is 21.6 Å². The molecule has 4 rings (SSSR count). The lowest BCUT2D eigenvalue weighted by Gasteiger charge is -2.26. The maximum Gasteiger partial charge on any atom is 0.291 e. The van der Waals surface area contributed by atoms with Gasteiger partial charge in [0.05, 0.1) is 12.8 Å². The number of benzene rings is 2. The van der Waals surface area contributed by atoms with Crippen molar-refractivity contribution in [2.75, 3.05) is 25.5 Å².